The van der Waals surface area contributed by atoms with Crippen LogP contribution in [-0.4, -0.2) is 25.5 Å². The summed E-state index contributed by atoms with van der Waals surface area (Å²) in [5.74, 6) is -0.598. The van der Waals surface area contributed by atoms with E-state index in [1.165, 1.54) is 7.11 Å². The number of ether oxygens (including phenoxy) is 1. The Labute approximate surface area is 138 Å². The molecule has 0 aliphatic rings. The van der Waals surface area contributed by atoms with Crippen LogP contribution in [0.1, 0.15) is 43.7 Å². The number of methoxy groups -OCH3 is 1. The van der Waals surface area contributed by atoms with Crippen LogP contribution < -0.4 is 11.1 Å². The minimum absolute atomic E-state index is 0. The Kier molecular flexibility index (Phi) is 11.1. The molecule has 0 saturated carbocycles. The molecule has 1 aromatic rings. The first-order chi connectivity index (χ1) is 10.2. The molecule has 0 radical (unpaired) electrons. The smallest absolute Gasteiger partial charge is 0.333 e. The van der Waals surface area contributed by atoms with Gasteiger partial charge in [-0.05, 0) is 24.9 Å². The summed E-state index contributed by atoms with van der Waals surface area (Å²) in [5.41, 5.74) is 6.14. The maximum Gasteiger partial charge on any atom is 0.333 e. The van der Waals surface area contributed by atoms with Crippen molar-refractivity contribution in [1.82, 2.24) is 5.32 Å². The van der Waals surface area contributed by atoms with Crippen molar-refractivity contribution < 1.29 is 14.3 Å². The van der Waals surface area contributed by atoms with Gasteiger partial charge in [-0.2, -0.15) is 0 Å². The van der Waals surface area contributed by atoms with Crippen LogP contribution >= 0.6 is 12.4 Å². The molecule has 0 spiro atoms. The molecule has 1 atom stereocenters. The molecule has 1 amide bonds. The molecule has 124 valence electrons. The number of esters is 1. The van der Waals surface area contributed by atoms with E-state index in [-0.39, 0.29) is 18.3 Å². The zero-order valence-electron chi connectivity index (χ0n) is 12.9. The maximum absolute atomic E-state index is 11.9. The third-order valence-electron chi connectivity index (χ3n) is 3.23. The first-order valence-corrected chi connectivity index (χ1v) is 7.31. The topological polar surface area (TPSA) is 81.4 Å². The van der Waals surface area contributed by atoms with E-state index in [4.69, 9.17) is 10.5 Å². The van der Waals surface area contributed by atoms with Crippen LogP contribution in [0.5, 0.6) is 0 Å². The summed E-state index contributed by atoms with van der Waals surface area (Å²) in [6.07, 6.45) is 4.19. The SMILES string of the molecule is COC(=O)C(NC(=O)CCCCCCN)c1ccccc1.Cl. The summed E-state index contributed by atoms with van der Waals surface area (Å²) in [4.78, 5) is 23.7. The van der Waals surface area contributed by atoms with Crippen LogP contribution in [-0.2, 0) is 14.3 Å². The molecule has 0 aliphatic heterocycles. The van der Waals surface area contributed by atoms with Gasteiger partial charge < -0.3 is 15.8 Å². The molecule has 1 aromatic carbocycles. The average Bonchev–Trinajstić information content (AvgIpc) is 2.52. The molecule has 22 heavy (non-hydrogen) atoms. The van der Waals surface area contributed by atoms with Crippen molar-refractivity contribution in [2.45, 2.75) is 38.1 Å². The lowest BCUT2D eigenvalue weighted by molar-refractivity contribution is -0.145. The molecule has 0 heterocycles. The predicted molar refractivity (Wildman–Crippen MR) is 88.7 cm³/mol. The standard InChI is InChI=1S/C16H24N2O3.ClH/c1-21-16(20)15(13-9-5-4-6-10-13)18-14(19)11-7-2-3-8-12-17;/h4-6,9-10,15H,2-3,7-8,11-12,17H2,1H3,(H,18,19);1H. The number of halogens is 1. The number of benzene rings is 1. The molecule has 0 aromatic heterocycles. The molecule has 1 unspecified atom stereocenters. The Morgan fingerprint density at radius 2 is 1.77 bits per heavy atom. The Balaban J connectivity index is 0.00000441. The number of unbranched alkanes of at least 4 members (excludes halogenated alkanes) is 3. The summed E-state index contributed by atoms with van der Waals surface area (Å²) in [7, 11) is 1.32. The van der Waals surface area contributed by atoms with Crippen LogP contribution in [0, 0.1) is 0 Å². The molecule has 5 nitrogen and oxygen atoms in total. The lowest BCUT2D eigenvalue weighted by Crippen LogP contribution is -2.34. The molecule has 0 aliphatic carbocycles. The van der Waals surface area contributed by atoms with Crippen molar-refractivity contribution in [3.05, 3.63) is 35.9 Å². The highest BCUT2D eigenvalue weighted by Gasteiger charge is 2.22. The average molecular weight is 329 g/mol. The normalized spacial score (nSPS) is 11.2. The van der Waals surface area contributed by atoms with Crippen molar-refractivity contribution in [2.75, 3.05) is 13.7 Å². The van der Waals surface area contributed by atoms with Gasteiger partial charge in [-0.3, -0.25) is 4.79 Å². The van der Waals surface area contributed by atoms with E-state index < -0.39 is 12.0 Å². The van der Waals surface area contributed by atoms with E-state index in [9.17, 15) is 9.59 Å². The van der Waals surface area contributed by atoms with Gasteiger partial charge in [-0.1, -0.05) is 43.2 Å². The third kappa shape index (κ3) is 7.43. The predicted octanol–water partition coefficient (Wildman–Crippen LogP) is 2.35. The fourth-order valence-electron chi connectivity index (χ4n) is 2.06. The lowest BCUT2D eigenvalue weighted by atomic mass is 10.1. The van der Waals surface area contributed by atoms with Gasteiger partial charge in [0.05, 0.1) is 7.11 Å². The summed E-state index contributed by atoms with van der Waals surface area (Å²) in [5, 5.41) is 2.74. The van der Waals surface area contributed by atoms with E-state index in [0.29, 0.717) is 13.0 Å². The highest BCUT2D eigenvalue weighted by Crippen LogP contribution is 2.14. The Hall–Kier alpha value is -1.59. The zero-order valence-corrected chi connectivity index (χ0v) is 13.7. The van der Waals surface area contributed by atoms with E-state index in [0.717, 1.165) is 31.2 Å². The first kappa shape index (κ1) is 20.4. The van der Waals surface area contributed by atoms with Gasteiger partial charge in [0.2, 0.25) is 5.91 Å². The van der Waals surface area contributed by atoms with Crippen molar-refractivity contribution in [2.24, 2.45) is 5.73 Å². The van der Waals surface area contributed by atoms with Gasteiger partial charge >= 0.3 is 5.97 Å². The van der Waals surface area contributed by atoms with Crippen molar-refractivity contribution >= 4 is 24.3 Å². The molecular weight excluding hydrogens is 304 g/mol. The summed E-state index contributed by atoms with van der Waals surface area (Å²) in [6, 6.07) is 8.35. The second-order valence-corrected chi connectivity index (χ2v) is 4.89. The summed E-state index contributed by atoms with van der Waals surface area (Å²) >= 11 is 0. The Bertz CT molecular complexity index is 440. The number of amides is 1. The van der Waals surface area contributed by atoms with Crippen LogP contribution in [0.3, 0.4) is 0 Å². The van der Waals surface area contributed by atoms with Gasteiger partial charge in [0.1, 0.15) is 0 Å². The fraction of sp³-hybridized carbons (Fsp3) is 0.500. The van der Waals surface area contributed by atoms with Gasteiger partial charge in [0.25, 0.3) is 0 Å². The molecular formula is C16H25ClN2O3. The fourth-order valence-corrected chi connectivity index (χ4v) is 2.06. The minimum atomic E-state index is -0.743. The van der Waals surface area contributed by atoms with Crippen molar-refractivity contribution in [3.63, 3.8) is 0 Å². The highest BCUT2D eigenvalue weighted by molar-refractivity contribution is 5.85. The third-order valence-corrected chi connectivity index (χ3v) is 3.23. The van der Waals surface area contributed by atoms with E-state index in [1.54, 1.807) is 12.1 Å². The molecule has 6 heteroatoms. The molecule has 3 N–H and O–H groups in total. The van der Waals surface area contributed by atoms with Gasteiger partial charge in [0, 0.05) is 6.42 Å². The van der Waals surface area contributed by atoms with Crippen LogP contribution in [0.4, 0.5) is 0 Å². The minimum Gasteiger partial charge on any atom is -0.467 e. The number of hydrogen-bond donors (Lipinski definition) is 2. The number of rotatable bonds is 9. The van der Waals surface area contributed by atoms with Gasteiger partial charge in [-0.25, -0.2) is 4.79 Å². The summed E-state index contributed by atoms with van der Waals surface area (Å²) in [6.45, 7) is 0.685. The largest absolute Gasteiger partial charge is 0.467 e. The first-order valence-electron chi connectivity index (χ1n) is 7.31. The molecule has 1 rings (SSSR count). The molecule has 0 bridgehead atoms. The van der Waals surface area contributed by atoms with Crippen molar-refractivity contribution in [3.8, 4) is 0 Å². The van der Waals surface area contributed by atoms with Crippen LogP contribution in [0.25, 0.3) is 0 Å². The zero-order chi connectivity index (χ0) is 15.5. The number of carbonyl (C=O) groups is 2. The van der Waals surface area contributed by atoms with E-state index in [1.807, 2.05) is 18.2 Å². The highest BCUT2D eigenvalue weighted by atomic mass is 35.5. The second-order valence-electron chi connectivity index (χ2n) is 4.89. The molecule has 0 fully saturated rings. The number of carbonyl (C=O) groups excluding carboxylic acids is 2. The number of nitrogens with two attached hydrogens (primary N) is 1. The maximum atomic E-state index is 11.9. The van der Waals surface area contributed by atoms with Crippen molar-refractivity contribution in [1.29, 1.82) is 0 Å². The lowest BCUT2D eigenvalue weighted by Gasteiger charge is -2.16. The van der Waals surface area contributed by atoms with Gasteiger partial charge in [0.15, 0.2) is 6.04 Å². The monoisotopic (exact) mass is 328 g/mol. The van der Waals surface area contributed by atoms with Crippen LogP contribution in [0.15, 0.2) is 30.3 Å². The Morgan fingerprint density at radius 3 is 2.36 bits per heavy atom. The number of hydrogen-bond acceptors (Lipinski definition) is 4. The quantitative estimate of drug-likeness (QED) is 0.538. The molecule has 0 saturated heterocycles. The number of nitrogens with one attached hydrogen (secondary N) is 1. The van der Waals surface area contributed by atoms with E-state index >= 15 is 0 Å². The second kappa shape index (κ2) is 12.0. The Morgan fingerprint density at radius 1 is 1.14 bits per heavy atom. The van der Waals surface area contributed by atoms with Crippen LogP contribution in [0.2, 0.25) is 0 Å². The van der Waals surface area contributed by atoms with Gasteiger partial charge in [-0.15, -0.1) is 12.4 Å². The van der Waals surface area contributed by atoms with E-state index in [2.05, 4.69) is 5.32 Å². The summed E-state index contributed by atoms with van der Waals surface area (Å²) < 4.78 is 4.76.